The largest absolute Gasteiger partial charge is 0.494 e. The van der Waals surface area contributed by atoms with Crippen LogP contribution in [-0.2, 0) is 11.3 Å². The summed E-state index contributed by atoms with van der Waals surface area (Å²) in [5, 5.41) is 1.93. The van der Waals surface area contributed by atoms with Crippen molar-refractivity contribution in [3.8, 4) is 5.75 Å². The van der Waals surface area contributed by atoms with Crippen LogP contribution in [0.1, 0.15) is 25.3 Å². The molecule has 2 rings (SSSR count). The molecule has 1 aromatic rings. The molecular weight excluding hydrogens is 216 g/mol. The zero-order valence-electron chi connectivity index (χ0n) is 10.1. The van der Waals surface area contributed by atoms with Crippen LogP contribution in [0.2, 0.25) is 0 Å². The molecule has 0 spiro atoms. The first kappa shape index (κ1) is 11.9. The minimum absolute atomic E-state index is 0.105. The second-order valence-corrected chi connectivity index (χ2v) is 4.20. The highest BCUT2D eigenvalue weighted by atomic mass is 16.5. The number of nitrogens with one attached hydrogen (secondary N) is 1. The van der Waals surface area contributed by atoms with Crippen LogP contribution < -0.4 is 10.2 Å². The predicted molar refractivity (Wildman–Crippen MR) is 65.4 cm³/mol. The molecule has 1 fully saturated rings. The Balaban J connectivity index is 1.87. The standard InChI is InChI=1S/C13H18N2O2/c1-2-9-17-12-5-3-11(4-6-12)10-15-8-7-13(16)14-15/h3-6H,2,7-10H2,1H3,(H,14,16). The fourth-order valence-electron chi connectivity index (χ4n) is 1.77. The summed E-state index contributed by atoms with van der Waals surface area (Å²) in [5.41, 5.74) is 3.99. The van der Waals surface area contributed by atoms with E-state index in [1.807, 2.05) is 29.3 Å². The lowest BCUT2D eigenvalue weighted by Gasteiger charge is -2.14. The summed E-state index contributed by atoms with van der Waals surface area (Å²) >= 11 is 0. The minimum Gasteiger partial charge on any atom is -0.494 e. The van der Waals surface area contributed by atoms with Crippen molar-refractivity contribution in [2.75, 3.05) is 13.2 Å². The van der Waals surface area contributed by atoms with Crippen LogP contribution in [-0.4, -0.2) is 24.1 Å². The third-order valence-electron chi connectivity index (χ3n) is 2.66. The van der Waals surface area contributed by atoms with Gasteiger partial charge >= 0.3 is 0 Å². The second kappa shape index (κ2) is 5.68. The van der Waals surface area contributed by atoms with Gasteiger partial charge in [-0.1, -0.05) is 19.1 Å². The maximum absolute atomic E-state index is 11.0. The van der Waals surface area contributed by atoms with E-state index in [1.165, 1.54) is 5.56 Å². The number of hydrogen-bond acceptors (Lipinski definition) is 3. The molecule has 1 aliphatic heterocycles. The lowest BCUT2D eigenvalue weighted by Crippen LogP contribution is -2.32. The molecule has 0 unspecified atom stereocenters. The molecule has 0 aliphatic carbocycles. The average Bonchev–Trinajstić information content (AvgIpc) is 2.74. The van der Waals surface area contributed by atoms with Gasteiger partial charge in [-0.3, -0.25) is 10.2 Å². The number of ether oxygens (including phenoxy) is 1. The molecule has 1 aliphatic rings. The number of amides is 1. The predicted octanol–water partition coefficient (Wildman–Crippen LogP) is 1.71. The van der Waals surface area contributed by atoms with Crippen LogP contribution in [0.4, 0.5) is 0 Å². The van der Waals surface area contributed by atoms with Crippen molar-refractivity contribution in [3.63, 3.8) is 0 Å². The fourth-order valence-corrected chi connectivity index (χ4v) is 1.77. The minimum atomic E-state index is 0.105. The quantitative estimate of drug-likeness (QED) is 0.843. The number of rotatable bonds is 5. The molecule has 1 N–H and O–H groups in total. The van der Waals surface area contributed by atoms with Crippen LogP contribution in [0.15, 0.2) is 24.3 Å². The van der Waals surface area contributed by atoms with Gasteiger partial charge < -0.3 is 4.74 Å². The Morgan fingerprint density at radius 1 is 1.35 bits per heavy atom. The van der Waals surface area contributed by atoms with E-state index in [1.54, 1.807) is 0 Å². The van der Waals surface area contributed by atoms with Gasteiger partial charge in [-0.25, -0.2) is 5.01 Å². The first-order valence-electron chi connectivity index (χ1n) is 6.04. The first-order valence-corrected chi connectivity index (χ1v) is 6.04. The van der Waals surface area contributed by atoms with Gasteiger partial charge in [0.1, 0.15) is 5.75 Å². The summed E-state index contributed by atoms with van der Waals surface area (Å²) in [6.45, 7) is 4.37. The Labute approximate surface area is 102 Å². The van der Waals surface area contributed by atoms with Crippen molar-refractivity contribution >= 4 is 5.91 Å². The molecule has 0 atom stereocenters. The molecular formula is C13H18N2O2. The molecule has 0 aromatic heterocycles. The number of benzene rings is 1. The monoisotopic (exact) mass is 234 g/mol. The van der Waals surface area contributed by atoms with E-state index in [0.717, 1.165) is 31.9 Å². The topological polar surface area (TPSA) is 41.6 Å². The zero-order chi connectivity index (χ0) is 12.1. The zero-order valence-corrected chi connectivity index (χ0v) is 10.1. The Hall–Kier alpha value is -1.55. The van der Waals surface area contributed by atoms with Crippen molar-refractivity contribution in [2.45, 2.75) is 26.3 Å². The summed E-state index contributed by atoms with van der Waals surface area (Å²) in [6, 6.07) is 8.02. The van der Waals surface area contributed by atoms with Crippen LogP contribution in [0.3, 0.4) is 0 Å². The van der Waals surface area contributed by atoms with Crippen LogP contribution in [0.5, 0.6) is 5.75 Å². The Morgan fingerprint density at radius 3 is 2.71 bits per heavy atom. The number of hydrogen-bond donors (Lipinski definition) is 1. The molecule has 0 radical (unpaired) electrons. The van der Waals surface area contributed by atoms with Gasteiger partial charge in [-0.2, -0.15) is 0 Å². The van der Waals surface area contributed by atoms with Crippen LogP contribution in [0.25, 0.3) is 0 Å². The van der Waals surface area contributed by atoms with Gasteiger partial charge in [0, 0.05) is 19.5 Å². The van der Waals surface area contributed by atoms with Crippen molar-refractivity contribution < 1.29 is 9.53 Å². The number of carbonyl (C=O) groups excluding carboxylic acids is 1. The van der Waals surface area contributed by atoms with E-state index in [-0.39, 0.29) is 5.91 Å². The molecule has 4 nitrogen and oxygen atoms in total. The third-order valence-corrected chi connectivity index (χ3v) is 2.66. The Bertz CT molecular complexity index is 376. The van der Waals surface area contributed by atoms with Crippen molar-refractivity contribution in [1.82, 2.24) is 10.4 Å². The normalized spacial score (nSPS) is 15.9. The van der Waals surface area contributed by atoms with Crippen LogP contribution in [0, 0.1) is 0 Å². The maximum atomic E-state index is 11.0. The summed E-state index contributed by atoms with van der Waals surface area (Å²) in [7, 11) is 0. The lowest BCUT2D eigenvalue weighted by atomic mass is 10.2. The number of nitrogens with zero attached hydrogens (tertiary/aromatic N) is 1. The summed E-state index contributed by atoms with van der Waals surface area (Å²) in [4.78, 5) is 11.0. The van der Waals surface area contributed by atoms with Gasteiger partial charge in [0.2, 0.25) is 5.91 Å². The molecule has 1 aromatic carbocycles. The van der Waals surface area contributed by atoms with E-state index in [9.17, 15) is 4.79 Å². The molecule has 0 saturated carbocycles. The Kier molecular flexibility index (Phi) is 3.98. The van der Waals surface area contributed by atoms with E-state index >= 15 is 0 Å². The van der Waals surface area contributed by atoms with Crippen molar-refractivity contribution in [3.05, 3.63) is 29.8 Å². The molecule has 1 amide bonds. The highest BCUT2D eigenvalue weighted by Gasteiger charge is 2.17. The summed E-state index contributed by atoms with van der Waals surface area (Å²) in [5.74, 6) is 1.01. The molecule has 1 heterocycles. The highest BCUT2D eigenvalue weighted by Crippen LogP contribution is 2.14. The highest BCUT2D eigenvalue weighted by molar-refractivity contribution is 5.77. The molecule has 17 heavy (non-hydrogen) atoms. The van der Waals surface area contributed by atoms with Gasteiger partial charge in [0.05, 0.1) is 6.61 Å². The van der Waals surface area contributed by atoms with E-state index in [0.29, 0.717) is 6.42 Å². The summed E-state index contributed by atoms with van der Waals surface area (Å²) < 4.78 is 5.51. The van der Waals surface area contributed by atoms with Crippen molar-refractivity contribution in [2.24, 2.45) is 0 Å². The third kappa shape index (κ3) is 3.46. The Morgan fingerprint density at radius 2 is 2.12 bits per heavy atom. The molecule has 1 saturated heterocycles. The van der Waals surface area contributed by atoms with Gasteiger partial charge in [-0.05, 0) is 24.1 Å². The van der Waals surface area contributed by atoms with E-state index < -0.39 is 0 Å². The van der Waals surface area contributed by atoms with E-state index in [2.05, 4.69) is 12.3 Å². The molecule has 4 heteroatoms. The molecule has 92 valence electrons. The smallest absolute Gasteiger partial charge is 0.235 e. The van der Waals surface area contributed by atoms with Crippen molar-refractivity contribution in [1.29, 1.82) is 0 Å². The van der Waals surface area contributed by atoms with Crippen LogP contribution >= 0.6 is 0 Å². The molecule has 0 bridgehead atoms. The SMILES string of the molecule is CCCOc1ccc(CN2CCC(=O)N2)cc1. The summed E-state index contributed by atoms with van der Waals surface area (Å²) in [6.07, 6.45) is 1.61. The van der Waals surface area contributed by atoms with E-state index in [4.69, 9.17) is 4.74 Å². The maximum Gasteiger partial charge on any atom is 0.235 e. The average molecular weight is 234 g/mol. The fraction of sp³-hybridized carbons (Fsp3) is 0.462. The van der Waals surface area contributed by atoms with Gasteiger partial charge in [0.15, 0.2) is 0 Å². The number of hydrazine groups is 1. The van der Waals surface area contributed by atoms with Gasteiger partial charge in [0.25, 0.3) is 0 Å². The number of carbonyl (C=O) groups is 1. The second-order valence-electron chi connectivity index (χ2n) is 4.20. The first-order chi connectivity index (χ1) is 8.28. The van der Waals surface area contributed by atoms with Gasteiger partial charge in [-0.15, -0.1) is 0 Å². The lowest BCUT2D eigenvalue weighted by molar-refractivity contribution is -0.121.